The molecule has 0 aromatic heterocycles. The van der Waals surface area contributed by atoms with E-state index in [2.05, 4.69) is 5.32 Å². The van der Waals surface area contributed by atoms with Crippen LogP contribution in [-0.2, 0) is 14.4 Å². The Morgan fingerprint density at radius 2 is 1.76 bits per heavy atom. The van der Waals surface area contributed by atoms with Crippen LogP contribution in [0.25, 0.3) is 0 Å². The van der Waals surface area contributed by atoms with Gasteiger partial charge in [0.1, 0.15) is 11.6 Å². The zero-order chi connectivity index (χ0) is 16.4. The maximum Gasteiger partial charge on any atom is 0.163 e. The van der Waals surface area contributed by atoms with Crippen LogP contribution in [0.1, 0.15) is 53.4 Å². The molecule has 0 fully saturated rings. The van der Waals surface area contributed by atoms with Crippen LogP contribution in [-0.4, -0.2) is 36.5 Å². The number of rotatable bonds is 12. The molecule has 0 aliphatic rings. The average Bonchev–Trinajstić information content (AvgIpc) is 2.46. The van der Waals surface area contributed by atoms with Crippen LogP contribution in [0.5, 0.6) is 0 Å². The fourth-order valence-electron chi connectivity index (χ4n) is 2.39. The summed E-state index contributed by atoms with van der Waals surface area (Å²) in [5.41, 5.74) is 5.39. The number of ketones is 3. The van der Waals surface area contributed by atoms with E-state index in [4.69, 9.17) is 5.73 Å². The fraction of sp³-hybridized carbons (Fsp3) is 0.812. The van der Waals surface area contributed by atoms with Gasteiger partial charge in [0.15, 0.2) is 5.78 Å². The van der Waals surface area contributed by atoms with E-state index in [1.165, 1.54) is 6.92 Å². The first-order valence-corrected chi connectivity index (χ1v) is 7.85. The van der Waals surface area contributed by atoms with Crippen molar-refractivity contribution in [1.82, 2.24) is 5.32 Å². The van der Waals surface area contributed by atoms with Crippen LogP contribution in [0.2, 0.25) is 0 Å². The monoisotopic (exact) mass is 298 g/mol. The molecule has 0 aromatic rings. The summed E-state index contributed by atoms with van der Waals surface area (Å²) in [4.78, 5) is 35.4. The summed E-state index contributed by atoms with van der Waals surface area (Å²) < 4.78 is 0. The second kappa shape index (κ2) is 10.6. The zero-order valence-corrected chi connectivity index (χ0v) is 13.8. The summed E-state index contributed by atoms with van der Waals surface area (Å²) in [6, 6.07) is -0.362. The largest absolute Gasteiger partial charge is 0.324 e. The van der Waals surface area contributed by atoms with Gasteiger partial charge >= 0.3 is 0 Å². The first kappa shape index (κ1) is 19.9. The second-order valence-electron chi connectivity index (χ2n) is 5.76. The number of carbonyl (C=O) groups is 3. The highest BCUT2D eigenvalue weighted by molar-refractivity contribution is 5.90. The molecule has 0 rings (SSSR count). The van der Waals surface area contributed by atoms with Crippen LogP contribution >= 0.6 is 0 Å². The van der Waals surface area contributed by atoms with Crippen molar-refractivity contribution < 1.29 is 14.4 Å². The van der Waals surface area contributed by atoms with E-state index in [0.29, 0.717) is 6.42 Å². The van der Waals surface area contributed by atoms with Crippen LogP contribution in [0.3, 0.4) is 0 Å². The number of hydrogen-bond donors (Lipinski definition) is 2. The smallest absolute Gasteiger partial charge is 0.163 e. The van der Waals surface area contributed by atoms with Crippen LogP contribution in [0.4, 0.5) is 0 Å². The predicted molar refractivity (Wildman–Crippen MR) is 84.0 cm³/mol. The van der Waals surface area contributed by atoms with Gasteiger partial charge in [0, 0.05) is 12.3 Å². The number of carbonyl (C=O) groups excluding carboxylic acids is 3. The van der Waals surface area contributed by atoms with Crippen molar-refractivity contribution in [2.45, 2.75) is 59.4 Å². The number of nitrogens with one attached hydrogen (secondary N) is 1. The molecule has 0 bridgehead atoms. The third-order valence-electron chi connectivity index (χ3n) is 3.94. The molecule has 0 spiro atoms. The predicted octanol–water partition coefficient (Wildman–Crippen LogP) is 1.48. The Labute approximate surface area is 128 Å². The highest BCUT2D eigenvalue weighted by Crippen LogP contribution is 2.20. The normalized spacial score (nSPS) is 15.3. The quantitative estimate of drug-likeness (QED) is 0.569. The molecule has 0 saturated heterocycles. The maximum absolute atomic E-state index is 12.3. The van der Waals surface area contributed by atoms with Gasteiger partial charge in [-0.2, -0.15) is 0 Å². The van der Waals surface area contributed by atoms with Gasteiger partial charge in [0.25, 0.3) is 0 Å². The summed E-state index contributed by atoms with van der Waals surface area (Å²) in [5.74, 6) is -0.146. The molecule has 3 N–H and O–H groups in total. The molecule has 0 aliphatic carbocycles. The Kier molecular flexibility index (Phi) is 10.1. The van der Waals surface area contributed by atoms with Gasteiger partial charge in [-0.15, -0.1) is 0 Å². The average molecular weight is 298 g/mol. The minimum absolute atomic E-state index is 0.00507. The first-order valence-electron chi connectivity index (χ1n) is 7.85. The summed E-state index contributed by atoms with van der Waals surface area (Å²) in [7, 11) is 0. The fourth-order valence-corrected chi connectivity index (χ4v) is 2.39. The van der Waals surface area contributed by atoms with Crippen molar-refractivity contribution in [3.8, 4) is 0 Å². The maximum atomic E-state index is 12.3. The summed E-state index contributed by atoms with van der Waals surface area (Å²) in [5, 5.41) is 3.01. The van der Waals surface area contributed by atoms with Crippen molar-refractivity contribution >= 4 is 17.3 Å². The van der Waals surface area contributed by atoms with E-state index in [-0.39, 0.29) is 54.7 Å². The minimum Gasteiger partial charge on any atom is -0.324 e. The van der Waals surface area contributed by atoms with Gasteiger partial charge in [-0.3, -0.25) is 9.59 Å². The molecule has 0 heterocycles. The van der Waals surface area contributed by atoms with E-state index in [0.717, 1.165) is 12.8 Å². The highest BCUT2D eigenvalue weighted by atomic mass is 16.1. The number of Topliss-reactive ketones (excluding diaryl/α,β-unsaturated/α-hetero) is 3. The lowest BCUT2D eigenvalue weighted by Crippen LogP contribution is -2.44. The zero-order valence-electron chi connectivity index (χ0n) is 13.8. The van der Waals surface area contributed by atoms with E-state index >= 15 is 0 Å². The van der Waals surface area contributed by atoms with E-state index < -0.39 is 0 Å². The SMILES string of the molecule is CCC[C@H](NCC(=O)[C@@H](CC(C)=O)[C@@H](C)CC)C(=O)CN. The Morgan fingerprint density at radius 3 is 2.19 bits per heavy atom. The Hall–Kier alpha value is -1.07. The molecule has 122 valence electrons. The molecule has 0 amide bonds. The molecular weight excluding hydrogens is 268 g/mol. The minimum atomic E-state index is -0.362. The first-order chi connectivity index (χ1) is 9.87. The third kappa shape index (κ3) is 7.48. The molecule has 0 unspecified atom stereocenters. The number of nitrogens with two attached hydrogens (primary N) is 1. The second-order valence-corrected chi connectivity index (χ2v) is 5.76. The molecule has 0 radical (unpaired) electrons. The Balaban J connectivity index is 4.65. The van der Waals surface area contributed by atoms with Gasteiger partial charge in [0.2, 0.25) is 0 Å². The molecule has 5 heteroatoms. The van der Waals surface area contributed by atoms with Crippen molar-refractivity contribution in [2.24, 2.45) is 17.6 Å². The lowest BCUT2D eigenvalue weighted by atomic mass is 9.84. The van der Waals surface area contributed by atoms with Crippen molar-refractivity contribution in [3.63, 3.8) is 0 Å². The molecule has 5 nitrogen and oxygen atoms in total. The van der Waals surface area contributed by atoms with Gasteiger partial charge in [-0.25, -0.2) is 0 Å². The van der Waals surface area contributed by atoms with Gasteiger partial charge in [0.05, 0.1) is 19.1 Å². The lowest BCUT2D eigenvalue weighted by Gasteiger charge is -2.22. The van der Waals surface area contributed by atoms with Gasteiger partial charge in [-0.05, 0) is 19.3 Å². The van der Waals surface area contributed by atoms with Crippen molar-refractivity contribution in [3.05, 3.63) is 0 Å². The molecule has 3 atom stereocenters. The summed E-state index contributed by atoms with van der Waals surface area (Å²) in [6.45, 7) is 7.59. The van der Waals surface area contributed by atoms with Gasteiger partial charge < -0.3 is 15.8 Å². The molecule has 0 aliphatic heterocycles. The highest BCUT2D eigenvalue weighted by Gasteiger charge is 2.26. The standard InChI is InChI=1S/C16H30N2O3/c1-5-7-14(15(20)9-17)18-10-16(21)13(8-12(4)19)11(3)6-2/h11,13-14,18H,5-10,17H2,1-4H3/t11-,13-,14-/m0/s1. The van der Waals surface area contributed by atoms with E-state index in [1.54, 1.807) is 0 Å². The van der Waals surface area contributed by atoms with Crippen LogP contribution < -0.4 is 11.1 Å². The summed E-state index contributed by atoms with van der Waals surface area (Å²) in [6.07, 6.45) is 2.65. The van der Waals surface area contributed by atoms with Gasteiger partial charge in [-0.1, -0.05) is 33.6 Å². The Bertz CT molecular complexity index is 355. The molecular formula is C16H30N2O3. The van der Waals surface area contributed by atoms with E-state index in [9.17, 15) is 14.4 Å². The topological polar surface area (TPSA) is 89.3 Å². The third-order valence-corrected chi connectivity index (χ3v) is 3.94. The molecule has 0 aromatic carbocycles. The molecule has 21 heavy (non-hydrogen) atoms. The van der Waals surface area contributed by atoms with Crippen molar-refractivity contribution in [1.29, 1.82) is 0 Å². The Morgan fingerprint density at radius 1 is 1.14 bits per heavy atom. The summed E-state index contributed by atoms with van der Waals surface area (Å²) >= 11 is 0. The van der Waals surface area contributed by atoms with Crippen LogP contribution in [0.15, 0.2) is 0 Å². The number of hydrogen-bond acceptors (Lipinski definition) is 5. The van der Waals surface area contributed by atoms with Crippen LogP contribution in [0, 0.1) is 11.8 Å². The van der Waals surface area contributed by atoms with E-state index in [1.807, 2.05) is 20.8 Å². The lowest BCUT2D eigenvalue weighted by molar-refractivity contribution is -0.128. The van der Waals surface area contributed by atoms with Crippen molar-refractivity contribution in [2.75, 3.05) is 13.1 Å². The molecule has 0 saturated carbocycles.